The van der Waals surface area contributed by atoms with Crippen LogP contribution in [0.4, 0.5) is 14.5 Å². The minimum Gasteiger partial charge on any atom is -0.441 e. The second-order valence-corrected chi connectivity index (χ2v) is 8.29. The molecule has 0 bridgehead atoms. The number of carbonyl (C=O) groups is 1. The van der Waals surface area contributed by atoms with Crippen molar-refractivity contribution in [2.75, 3.05) is 11.4 Å². The Labute approximate surface area is 206 Å². The third-order valence-electron chi connectivity index (χ3n) is 5.90. The number of anilines is 1. The summed E-state index contributed by atoms with van der Waals surface area (Å²) >= 11 is 0. The van der Waals surface area contributed by atoms with Crippen molar-refractivity contribution in [3.63, 3.8) is 0 Å². The average Bonchev–Trinajstić information content (AvgIpc) is 3.55. The lowest BCUT2D eigenvalue weighted by molar-refractivity contribution is -0.286. The Balaban J connectivity index is 1.37. The van der Waals surface area contributed by atoms with Gasteiger partial charge in [0.05, 0.1) is 11.8 Å². The number of aromatic nitrogens is 5. The van der Waals surface area contributed by atoms with Crippen LogP contribution < -0.4 is 19.9 Å². The highest BCUT2D eigenvalue weighted by Crippen LogP contribution is 2.42. The van der Waals surface area contributed by atoms with Gasteiger partial charge >= 0.3 is 6.29 Å². The van der Waals surface area contributed by atoms with Crippen LogP contribution in [0.25, 0.3) is 33.4 Å². The molecule has 37 heavy (non-hydrogen) atoms. The summed E-state index contributed by atoms with van der Waals surface area (Å²) in [5.41, 5.74) is 2.52. The molecule has 0 aliphatic carbocycles. The minimum atomic E-state index is -3.78. The number of fused-ring (bicyclic) bond motifs is 3. The molecule has 0 atom stereocenters. The van der Waals surface area contributed by atoms with Gasteiger partial charge in [-0.05, 0) is 37.3 Å². The van der Waals surface area contributed by atoms with Gasteiger partial charge in [-0.3, -0.25) is 9.59 Å². The first-order valence-electron chi connectivity index (χ1n) is 11.2. The van der Waals surface area contributed by atoms with Gasteiger partial charge < -0.3 is 23.8 Å². The largest absolute Gasteiger partial charge is 0.586 e. The monoisotopic (exact) mass is 508 g/mol. The number of rotatable bonds is 5. The number of nitrogens with one attached hydrogen (secondary N) is 1. The predicted octanol–water partition coefficient (Wildman–Crippen LogP) is 3.61. The van der Waals surface area contributed by atoms with E-state index in [2.05, 4.69) is 29.5 Å². The first kappa shape index (κ1) is 22.6. The number of oxazole rings is 1. The van der Waals surface area contributed by atoms with Crippen LogP contribution in [0.5, 0.6) is 11.5 Å². The smallest absolute Gasteiger partial charge is 0.441 e. The molecule has 188 valence electrons. The number of benzene rings is 2. The standard InChI is InChI=1S/C24H18F2N6O5/c1-3-31(14-5-7-17-18(9-14)37-24(25,26)36-17)19(33)10-32-23(34)22-21(27-11-28-22)20(30-32)13-4-6-16-15(8-13)29-12(2)35-16/h4-9,11H,3,10H2,1-2H3,(H,27,28). The normalized spacial score (nSPS) is 13.9. The second-order valence-electron chi connectivity index (χ2n) is 8.29. The van der Waals surface area contributed by atoms with Crippen LogP contribution in [0.1, 0.15) is 12.8 Å². The van der Waals surface area contributed by atoms with Crippen LogP contribution in [-0.2, 0) is 11.3 Å². The van der Waals surface area contributed by atoms with Crippen LogP contribution in [0, 0.1) is 6.92 Å². The maximum atomic E-state index is 13.4. The lowest BCUT2D eigenvalue weighted by Crippen LogP contribution is -2.37. The van der Waals surface area contributed by atoms with Crippen LogP contribution in [0.3, 0.4) is 0 Å². The Morgan fingerprint density at radius 3 is 2.78 bits per heavy atom. The summed E-state index contributed by atoms with van der Waals surface area (Å²) < 4.78 is 42.3. The topological polar surface area (TPSA) is 128 Å². The number of nitrogens with zero attached hydrogens (tertiary/aromatic N) is 5. The van der Waals surface area contributed by atoms with Crippen molar-refractivity contribution in [1.82, 2.24) is 24.7 Å². The zero-order valence-corrected chi connectivity index (χ0v) is 19.5. The summed E-state index contributed by atoms with van der Waals surface area (Å²) in [5, 5.41) is 4.47. The number of imidazole rings is 1. The Morgan fingerprint density at radius 1 is 1.16 bits per heavy atom. The van der Waals surface area contributed by atoms with Gasteiger partial charge in [-0.2, -0.15) is 5.10 Å². The van der Waals surface area contributed by atoms with Crippen molar-refractivity contribution in [2.24, 2.45) is 0 Å². The fourth-order valence-electron chi connectivity index (χ4n) is 4.30. The van der Waals surface area contributed by atoms with E-state index in [9.17, 15) is 18.4 Å². The number of ether oxygens (including phenoxy) is 2. The van der Waals surface area contributed by atoms with E-state index in [0.29, 0.717) is 39.5 Å². The van der Waals surface area contributed by atoms with Gasteiger partial charge in [-0.1, -0.05) is 0 Å². The highest BCUT2D eigenvalue weighted by Gasteiger charge is 2.43. The fraction of sp³-hybridized carbons (Fsp3) is 0.208. The van der Waals surface area contributed by atoms with Crippen molar-refractivity contribution in [3.05, 3.63) is 59.0 Å². The van der Waals surface area contributed by atoms with Gasteiger partial charge in [-0.15, -0.1) is 8.78 Å². The Bertz CT molecular complexity index is 1760. The third-order valence-corrected chi connectivity index (χ3v) is 5.90. The Kier molecular flexibility index (Phi) is 4.97. The third kappa shape index (κ3) is 3.84. The molecule has 0 spiro atoms. The number of alkyl halides is 2. The summed E-state index contributed by atoms with van der Waals surface area (Å²) in [6.45, 7) is 3.23. The maximum absolute atomic E-state index is 13.4. The molecule has 6 rings (SSSR count). The molecule has 1 N–H and O–H groups in total. The van der Waals surface area contributed by atoms with Gasteiger partial charge in [0.15, 0.2) is 28.5 Å². The van der Waals surface area contributed by atoms with E-state index >= 15 is 0 Å². The fourth-order valence-corrected chi connectivity index (χ4v) is 4.30. The molecule has 1 aliphatic rings. The van der Waals surface area contributed by atoms with Gasteiger partial charge in [0, 0.05) is 30.8 Å². The number of hydrogen-bond donors (Lipinski definition) is 1. The van der Waals surface area contributed by atoms with Gasteiger partial charge in [0.25, 0.3) is 5.56 Å². The number of amides is 1. The molecular formula is C24H18F2N6O5. The summed E-state index contributed by atoms with van der Waals surface area (Å²) in [7, 11) is 0. The maximum Gasteiger partial charge on any atom is 0.586 e. The molecular weight excluding hydrogens is 490 g/mol. The van der Waals surface area contributed by atoms with Crippen LogP contribution in [0.2, 0.25) is 0 Å². The van der Waals surface area contributed by atoms with E-state index in [1.54, 1.807) is 32.0 Å². The van der Waals surface area contributed by atoms with E-state index in [0.717, 1.165) is 4.68 Å². The number of aryl methyl sites for hydroxylation is 1. The lowest BCUT2D eigenvalue weighted by atomic mass is 10.1. The van der Waals surface area contributed by atoms with Crippen LogP contribution in [0.15, 0.2) is 51.9 Å². The van der Waals surface area contributed by atoms with Crippen molar-refractivity contribution in [2.45, 2.75) is 26.7 Å². The quantitative estimate of drug-likeness (QED) is 0.381. The van der Waals surface area contributed by atoms with Crippen molar-refractivity contribution in [1.29, 1.82) is 0 Å². The molecule has 0 unspecified atom stereocenters. The summed E-state index contributed by atoms with van der Waals surface area (Å²) in [6, 6.07) is 9.32. The molecule has 3 aromatic heterocycles. The number of halogens is 2. The number of H-pyrrole nitrogens is 1. The molecule has 0 radical (unpaired) electrons. The molecule has 4 heterocycles. The van der Waals surface area contributed by atoms with Crippen molar-refractivity contribution < 1.29 is 27.5 Å². The Hall–Kier alpha value is -4.81. The van der Waals surface area contributed by atoms with E-state index < -0.39 is 24.3 Å². The average molecular weight is 508 g/mol. The molecule has 0 saturated heterocycles. The zero-order valence-electron chi connectivity index (χ0n) is 19.5. The lowest BCUT2D eigenvalue weighted by Gasteiger charge is -2.21. The molecule has 13 heteroatoms. The first-order chi connectivity index (χ1) is 17.7. The molecule has 2 aromatic carbocycles. The highest BCUT2D eigenvalue weighted by molar-refractivity contribution is 5.94. The van der Waals surface area contributed by atoms with E-state index in [1.807, 2.05) is 0 Å². The van der Waals surface area contributed by atoms with Gasteiger partial charge in [-0.25, -0.2) is 14.6 Å². The van der Waals surface area contributed by atoms with E-state index in [1.165, 1.54) is 29.4 Å². The number of likely N-dealkylation sites (N-methyl/N-ethyl adjacent to an activating group) is 1. The van der Waals surface area contributed by atoms with E-state index in [-0.39, 0.29) is 23.6 Å². The highest BCUT2D eigenvalue weighted by atomic mass is 19.3. The van der Waals surface area contributed by atoms with Gasteiger partial charge in [0.1, 0.15) is 17.8 Å². The van der Waals surface area contributed by atoms with Crippen molar-refractivity contribution in [3.8, 4) is 22.8 Å². The van der Waals surface area contributed by atoms with E-state index in [4.69, 9.17) is 4.42 Å². The van der Waals surface area contributed by atoms with Crippen LogP contribution >= 0.6 is 0 Å². The second kappa shape index (κ2) is 8.11. The predicted molar refractivity (Wildman–Crippen MR) is 127 cm³/mol. The molecule has 11 nitrogen and oxygen atoms in total. The minimum absolute atomic E-state index is 0.114. The van der Waals surface area contributed by atoms with Gasteiger partial charge in [0.2, 0.25) is 5.91 Å². The van der Waals surface area contributed by atoms with Crippen LogP contribution in [-0.4, -0.2) is 43.5 Å². The molecule has 0 fully saturated rings. The molecule has 1 aliphatic heterocycles. The molecule has 5 aromatic rings. The number of carbonyl (C=O) groups excluding carboxylic acids is 1. The first-order valence-corrected chi connectivity index (χ1v) is 11.2. The molecule has 1 amide bonds. The van der Waals surface area contributed by atoms with Crippen molar-refractivity contribution >= 4 is 33.7 Å². The number of hydrogen-bond acceptors (Lipinski definition) is 8. The summed E-state index contributed by atoms with van der Waals surface area (Å²) in [5.74, 6) is -0.314. The SMILES string of the molecule is CCN(C(=O)Cn1nc(-c2ccc3oc(C)nc3c2)c2[nH]cnc2c1=O)c1ccc2c(c1)OC(F)(F)O2. The zero-order chi connectivity index (χ0) is 25.9. The summed E-state index contributed by atoms with van der Waals surface area (Å²) in [4.78, 5) is 39.1. The Morgan fingerprint density at radius 2 is 1.97 bits per heavy atom. The summed E-state index contributed by atoms with van der Waals surface area (Å²) in [6.07, 6.45) is -2.40. The number of aromatic amines is 1. The molecule has 0 saturated carbocycles.